The van der Waals surface area contributed by atoms with Gasteiger partial charge in [-0.3, -0.25) is 4.79 Å². The lowest BCUT2D eigenvalue weighted by Crippen LogP contribution is -2.54. The number of aliphatic carboxylic acids is 1. The summed E-state index contributed by atoms with van der Waals surface area (Å²) < 4.78 is 6.41. The number of thioether (sulfide) groups is 1. The van der Waals surface area contributed by atoms with E-state index in [9.17, 15) is 14.7 Å². The Morgan fingerprint density at radius 2 is 2.10 bits per heavy atom. The van der Waals surface area contributed by atoms with Gasteiger partial charge in [0.15, 0.2) is 0 Å². The second-order valence-electron chi connectivity index (χ2n) is 4.79. The molecule has 2 rings (SSSR count). The zero-order chi connectivity index (χ0) is 15.3. The fourth-order valence-electron chi connectivity index (χ4n) is 2.01. The van der Waals surface area contributed by atoms with Crippen molar-refractivity contribution in [2.45, 2.75) is 18.4 Å². The highest BCUT2D eigenvalue weighted by atomic mass is 79.9. The molecule has 0 saturated carbocycles. The standard InChI is InChI=1S/C14H16BrNO4S/c15-10-1-3-11(4-2-10)20-7-5-12(17)16-14(13(18)19)6-8-21-9-14/h1-4H,5-9H2,(H,16,17)(H,18,19). The monoisotopic (exact) mass is 373 g/mol. The number of amides is 1. The summed E-state index contributed by atoms with van der Waals surface area (Å²) in [6, 6.07) is 7.30. The molecule has 1 aromatic rings. The zero-order valence-corrected chi connectivity index (χ0v) is 13.7. The summed E-state index contributed by atoms with van der Waals surface area (Å²) in [5.74, 6) is 0.589. The highest BCUT2D eigenvalue weighted by molar-refractivity contribution is 9.10. The van der Waals surface area contributed by atoms with Crippen LogP contribution in [0.1, 0.15) is 12.8 Å². The number of carbonyl (C=O) groups excluding carboxylic acids is 1. The minimum absolute atomic E-state index is 0.135. The summed E-state index contributed by atoms with van der Waals surface area (Å²) in [4.78, 5) is 23.2. The molecule has 1 atom stereocenters. The number of nitrogens with one attached hydrogen (secondary N) is 1. The predicted molar refractivity (Wildman–Crippen MR) is 84.7 cm³/mol. The molecule has 1 unspecified atom stereocenters. The van der Waals surface area contributed by atoms with Crippen LogP contribution in [0.25, 0.3) is 0 Å². The lowest BCUT2D eigenvalue weighted by atomic mass is 9.99. The van der Waals surface area contributed by atoms with Gasteiger partial charge in [-0.15, -0.1) is 0 Å². The Balaban J connectivity index is 1.79. The molecule has 1 aliphatic rings. The van der Waals surface area contributed by atoms with E-state index in [1.165, 1.54) is 0 Å². The van der Waals surface area contributed by atoms with Gasteiger partial charge < -0.3 is 15.2 Å². The van der Waals surface area contributed by atoms with Crippen LogP contribution in [0.5, 0.6) is 5.75 Å². The number of ether oxygens (including phenoxy) is 1. The average Bonchev–Trinajstić information content (AvgIpc) is 2.91. The molecule has 1 aliphatic heterocycles. The molecule has 1 aromatic carbocycles. The van der Waals surface area contributed by atoms with Gasteiger partial charge in [0.25, 0.3) is 0 Å². The molecule has 0 aliphatic carbocycles. The van der Waals surface area contributed by atoms with Gasteiger partial charge >= 0.3 is 5.97 Å². The Bertz CT molecular complexity index is 514. The van der Waals surface area contributed by atoms with E-state index in [0.717, 1.165) is 10.2 Å². The topological polar surface area (TPSA) is 75.6 Å². The molecule has 114 valence electrons. The van der Waals surface area contributed by atoms with Crippen LogP contribution in [0.3, 0.4) is 0 Å². The van der Waals surface area contributed by atoms with Crippen LogP contribution in [0, 0.1) is 0 Å². The van der Waals surface area contributed by atoms with Crippen molar-refractivity contribution in [3.05, 3.63) is 28.7 Å². The van der Waals surface area contributed by atoms with Crippen molar-refractivity contribution in [2.75, 3.05) is 18.1 Å². The second-order valence-corrected chi connectivity index (χ2v) is 6.81. The number of carboxylic acid groups (broad SMARTS) is 1. The Hall–Kier alpha value is -1.21. The molecular weight excluding hydrogens is 358 g/mol. The number of hydrogen-bond donors (Lipinski definition) is 2. The summed E-state index contributed by atoms with van der Waals surface area (Å²) in [6.45, 7) is 0.219. The molecule has 0 bridgehead atoms. The molecule has 1 fully saturated rings. The van der Waals surface area contributed by atoms with Gasteiger partial charge in [0.1, 0.15) is 11.3 Å². The van der Waals surface area contributed by atoms with Gasteiger partial charge in [0.2, 0.25) is 5.91 Å². The Kier molecular flexibility index (Phi) is 5.52. The third-order valence-corrected chi connectivity index (χ3v) is 4.94. The largest absolute Gasteiger partial charge is 0.493 e. The van der Waals surface area contributed by atoms with E-state index < -0.39 is 11.5 Å². The Morgan fingerprint density at radius 3 is 2.67 bits per heavy atom. The van der Waals surface area contributed by atoms with E-state index in [-0.39, 0.29) is 18.9 Å². The van der Waals surface area contributed by atoms with E-state index in [1.807, 2.05) is 12.1 Å². The molecule has 0 radical (unpaired) electrons. The van der Waals surface area contributed by atoms with Crippen LogP contribution in [0.2, 0.25) is 0 Å². The molecule has 1 amide bonds. The van der Waals surface area contributed by atoms with Crippen LogP contribution in [-0.2, 0) is 9.59 Å². The first-order valence-corrected chi connectivity index (χ1v) is 8.47. The molecule has 21 heavy (non-hydrogen) atoms. The zero-order valence-electron chi connectivity index (χ0n) is 11.3. The minimum Gasteiger partial charge on any atom is -0.493 e. The molecule has 5 nitrogen and oxygen atoms in total. The summed E-state index contributed by atoms with van der Waals surface area (Å²) >= 11 is 4.87. The summed E-state index contributed by atoms with van der Waals surface area (Å²) in [5, 5.41) is 11.9. The van der Waals surface area contributed by atoms with Crippen molar-refractivity contribution in [3.8, 4) is 5.75 Å². The maximum absolute atomic E-state index is 11.9. The lowest BCUT2D eigenvalue weighted by molar-refractivity contribution is -0.146. The number of carboxylic acids is 1. The van der Waals surface area contributed by atoms with Crippen LogP contribution in [-0.4, -0.2) is 40.6 Å². The number of rotatable bonds is 6. The smallest absolute Gasteiger partial charge is 0.330 e. The van der Waals surface area contributed by atoms with Crippen molar-refractivity contribution in [2.24, 2.45) is 0 Å². The van der Waals surface area contributed by atoms with E-state index in [4.69, 9.17) is 4.74 Å². The van der Waals surface area contributed by atoms with Gasteiger partial charge in [-0.1, -0.05) is 15.9 Å². The van der Waals surface area contributed by atoms with E-state index in [2.05, 4.69) is 21.2 Å². The highest BCUT2D eigenvalue weighted by Crippen LogP contribution is 2.28. The van der Waals surface area contributed by atoms with Gasteiger partial charge in [0.05, 0.1) is 13.0 Å². The number of hydrogen-bond acceptors (Lipinski definition) is 4. The van der Waals surface area contributed by atoms with E-state index >= 15 is 0 Å². The normalized spacial score (nSPS) is 21.0. The molecular formula is C14H16BrNO4S. The molecule has 2 N–H and O–H groups in total. The van der Waals surface area contributed by atoms with Crippen molar-refractivity contribution >= 4 is 39.6 Å². The van der Waals surface area contributed by atoms with Crippen LogP contribution in [0.15, 0.2) is 28.7 Å². The average molecular weight is 374 g/mol. The molecule has 1 heterocycles. The van der Waals surface area contributed by atoms with Crippen molar-refractivity contribution in [3.63, 3.8) is 0 Å². The maximum Gasteiger partial charge on any atom is 0.330 e. The molecule has 0 aromatic heterocycles. The number of carbonyl (C=O) groups is 2. The van der Waals surface area contributed by atoms with Crippen LogP contribution >= 0.6 is 27.7 Å². The van der Waals surface area contributed by atoms with Crippen molar-refractivity contribution < 1.29 is 19.4 Å². The Labute approximate surface area is 135 Å². The summed E-state index contributed by atoms with van der Waals surface area (Å²) in [5.41, 5.74) is -1.11. The maximum atomic E-state index is 11.9. The first-order chi connectivity index (χ1) is 10.0. The lowest BCUT2D eigenvalue weighted by Gasteiger charge is -2.24. The first kappa shape index (κ1) is 16.2. The number of benzene rings is 1. The van der Waals surface area contributed by atoms with Crippen molar-refractivity contribution in [1.29, 1.82) is 0 Å². The minimum atomic E-state index is -1.11. The third kappa shape index (κ3) is 4.38. The Morgan fingerprint density at radius 1 is 1.38 bits per heavy atom. The number of halogens is 1. The third-order valence-electron chi connectivity index (χ3n) is 3.22. The van der Waals surface area contributed by atoms with Crippen LogP contribution < -0.4 is 10.1 Å². The highest BCUT2D eigenvalue weighted by Gasteiger charge is 2.43. The summed E-state index contributed by atoms with van der Waals surface area (Å²) in [7, 11) is 0. The van der Waals surface area contributed by atoms with E-state index in [0.29, 0.717) is 17.9 Å². The predicted octanol–water partition coefficient (Wildman–Crippen LogP) is 2.29. The van der Waals surface area contributed by atoms with Gasteiger partial charge in [-0.2, -0.15) is 11.8 Å². The van der Waals surface area contributed by atoms with Crippen LogP contribution in [0.4, 0.5) is 0 Å². The summed E-state index contributed by atoms with van der Waals surface area (Å²) in [6.07, 6.45) is 0.599. The van der Waals surface area contributed by atoms with E-state index in [1.54, 1.807) is 23.9 Å². The molecule has 0 spiro atoms. The second kappa shape index (κ2) is 7.17. The molecule has 1 saturated heterocycles. The van der Waals surface area contributed by atoms with Gasteiger partial charge in [0, 0.05) is 10.2 Å². The van der Waals surface area contributed by atoms with Gasteiger partial charge in [-0.25, -0.2) is 4.79 Å². The quantitative estimate of drug-likeness (QED) is 0.799. The molecule has 7 heteroatoms. The first-order valence-electron chi connectivity index (χ1n) is 6.52. The van der Waals surface area contributed by atoms with Gasteiger partial charge in [-0.05, 0) is 36.4 Å². The van der Waals surface area contributed by atoms with Crippen molar-refractivity contribution in [1.82, 2.24) is 5.32 Å². The fraction of sp³-hybridized carbons (Fsp3) is 0.429. The SMILES string of the molecule is O=C(CCOc1ccc(Br)cc1)NC1(C(=O)O)CCSC1. The fourth-order valence-corrected chi connectivity index (χ4v) is 3.60.